The van der Waals surface area contributed by atoms with Crippen LogP contribution in [0, 0.1) is 6.92 Å². The van der Waals surface area contributed by atoms with E-state index in [9.17, 15) is 0 Å². The van der Waals surface area contributed by atoms with Gasteiger partial charge in [0, 0.05) is 21.7 Å². The molecular weight excluding hydrogens is 326 g/mol. The van der Waals surface area contributed by atoms with Crippen molar-refractivity contribution in [1.82, 2.24) is 0 Å². The van der Waals surface area contributed by atoms with Gasteiger partial charge in [-0.1, -0.05) is 33.6 Å². The molecule has 2 aromatic rings. The van der Waals surface area contributed by atoms with Gasteiger partial charge in [-0.25, -0.2) is 0 Å². The summed E-state index contributed by atoms with van der Waals surface area (Å²) in [6.45, 7) is 2.80. The standard InChI is InChI=1S/C15H15BrClNO/c1-10-7-13(19-2)5-6-15(10)18-9-11-3-4-12(17)8-14(11)16/h3-8,18H,9H2,1-2H3. The van der Waals surface area contributed by atoms with Crippen molar-refractivity contribution in [3.05, 3.63) is 57.0 Å². The zero-order valence-electron chi connectivity index (χ0n) is 10.8. The third kappa shape index (κ3) is 3.64. The highest BCUT2D eigenvalue weighted by Crippen LogP contribution is 2.25. The topological polar surface area (TPSA) is 21.3 Å². The Morgan fingerprint density at radius 3 is 2.63 bits per heavy atom. The molecule has 0 amide bonds. The van der Waals surface area contributed by atoms with Crippen LogP contribution in [0.2, 0.25) is 5.02 Å². The van der Waals surface area contributed by atoms with Gasteiger partial charge in [-0.2, -0.15) is 0 Å². The van der Waals surface area contributed by atoms with E-state index in [1.54, 1.807) is 7.11 Å². The van der Waals surface area contributed by atoms with Crippen LogP contribution in [0.15, 0.2) is 40.9 Å². The fourth-order valence-corrected chi connectivity index (χ4v) is 2.64. The molecule has 0 saturated heterocycles. The minimum absolute atomic E-state index is 0.733. The SMILES string of the molecule is COc1ccc(NCc2ccc(Cl)cc2Br)c(C)c1. The van der Waals surface area contributed by atoms with Crippen molar-refractivity contribution < 1.29 is 4.74 Å². The van der Waals surface area contributed by atoms with Crippen LogP contribution in [0.4, 0.5) is 5.69 Å². The predicted molar refractivity (Wildman–Crippen MR) is 84.2 cm³/mol. The molecule has 0 aliphatic carbocycles. The lowest BCUT2D eigenvalue weighted by molar-refractivity contribution is 0.414. The molecule has 0 aromatic heterocycles. The fraction of sp³-hybridized carbons (Fsp3) is 0.200. The fourth-order valence-electron chi connectivity index (χ4n) is 1.82. The van der Waals surface area contributed by atoms with Gasteiger partial charge >= 0.3 is 0 Å². The highest BCUT2D eigenvalue weighted by molar-refractivity contribution is 9.10. The molecule has 2 aromatic carbocycles. The highest BCUT2D eigenvalue weighted by atomic mass is 79.9. The first-order valence-corrected chi connectivity index (χ1v) is 7.09. The monoisotopic (exact) mass is 339 g/mol. The lowest BCUT2D eigenvalue weighted by Gasteiger charge is -2.12. The summed E-state index contributed by atoms with van der Waals surface area (Å²) in [4.78, 5) is 0. The van der Waals surface area contributed by atoms with Crippen molar-refractivity contribution in [1.29, 1.82) is 0 Å². The molecule has 0 saturated carbocycles. The first-order chi connectivity index (χ1) is 9.10. The maximum Gasteiger partial charge on any atom is 0.119 e. The van der Waals surface area contributed by atoms with Crippen LogP contribution < -0.4 is 10.1 Å². The molecule has 19 heavy (non-hydrogen) atoms. The molecule has 4 heteroatoms. The molecule has 0 unspecified atom stereocenters. The van der Waals surface area contributed by atoms with Crippen molar-refractivity contribution >= 4 is 33.2 Å². The smallest absolute Gasteiger partial charge is 0.119 e. The van der Waals surface area contributed by atoms with Crippen molar-refractivity contribution in [2.24, 2.45) is 0 Å². The molecule has 0 aliphatic heterocycles. The maximum atomic E-state index is 5.93. The van der Waals surface area contributed by atoms with Gasteiger partial charge in [-0.05, 0) is 48.4 Å². The lowest BCUT2D eigenvalue weighted by atomic mass is 10.1. The molecule has 0 spiro atoms. The van der Waals surface area contributed by atoms with Gasteiger partial charge in [0.2, 0.25) is 0 Å². The summed E-state index contributed by atoms with van der Waals surface area (Å²) in [5, 5.41) is 4.14. The second-order valence-corrected chi connectivity index (χ2v) is 5.56. The average molecular weight is 341 g/mol. The maximum absolute atomic E-state index is 5.93. The molecule has 1 N–H and O–H groups in total. The van der Waals surface area contributed by atoms with E-state index in [2.05, 4.69) is 28.2 Å². The van der Waals surface area contributed by atoms with Crippen molar-refractivity contribution in [2.75, 3.05) is 12.4 Å². The summed E-state index contributed by atoms with van der Waals surface area (Å²) in [5.74, 6) is 0.871. The zero-order chi connectivity index (χ0) is 13.8. The molecule has 0 atom stereocenters. The van der Waals surface area contributed by atoms with Crippen molar-refractivity contribution in [3.63, 3.8) is 0 Å². The van der Waals surface area contributed by atoms with E-state index in [0.29, 0.717) is 0 Å². The first kappa shape index (κ1) is 14.2. The summed E-state index contributed by atoms with van der Waals surface area (Å²) in [6, 6.07) is 11.8. The summed E-state index contributed by atoms with van der Waals surface area (Å²) in [6.07, 6.45) is 0. The molecule has 2 rings (SSSR count). The Bertz CT molecular complexity index is 586. The normalized spacial score (nSPS) is 10.3. The molecule has 0 radical (unpaired) electrons. The van der Waals surface area contributed by atoms with E-state index in [0.717, 1.165) is 33.0 Å². The zero-order valence-corrected chi connectivity index (χ0v) is 13.2. The molecule has 0 aliphatic rings. The highest BCUT2D eigenvalue weighted by Gasteiger charge is 2.03. The van der Waals surface area contributed by atoms with E-state index in [1.807, 2.05) is 36.4 Å². The molecule has 0 bridgehead atoms. The van der Waals surface area contributed by atoms with Gasteiger partial charge in [0.25, 0.3) is 0 Å². The number of methoxy groups -OCH3 is 1. The van der Waals surface area contributed by atoms with Crippen LogP contribution in [0.5, 0.6) is 5.75 Å². The molecule has 0 fully saturated rings. The number of ether oxygens (including phenoxy) is 1. The first-order valence-electron chi connectivity index (χ1n) is 5.92. The van der Waals surface area contributed by atoms with Gasteiger partial charge < -0.3 is 10.1 Å². The Morgan fingerprint density at radius 2 is 2.00 bits per heavy atom. The summed E-state index contributed by atoms with van der Waals surface area (Å²) in [5.41, 5.74) is 3.42. The second-order valence-electron chi connectivity index (χ2n) is 4.27. The van der Waals surface area contributed by atoms with E-state index >= 15 is 0 Å². The number of nitrogens with one attached hydrogen (secondary N) is 1. The van der Waals surface area contributed by atoms with Crippen LogP contribution in [0.3, 0.4) is 0 Å². The second kappa shape index (κ2) is 6.31. The summed E-state index contributed by atoms with van der Waals surface area (Å²) in [7, 11) is 1.67. The van der Waals surface area contributed by atoms with E-state index in [-0.39, 0.29) is 0 Å². The number of aryl methyl sites for hydroxylation is 1. The van der Waals surface area contributed by atoms with Crippen LogP contribution in [-0.4, -0.2) is 7.11 Å². The minimum Gasteiger partial charge on any atom is -0.497 e. The third-order valence-electron chi connectivity index (χ3n) is 2.92. The molecule has 0 heterocycles. The van der Waals surface area contributed by atoms with Crippen LogP contribution in [0.25, 0.3) is 0 Å². The quantitative estimate of drug-likeness (QED) is 0.842. The van der Waals surface area contributed by atoms with Crippen molar-refractivity contribution in [3.8, 4) is 5.75 Å². The Hall–Kier alpha value is -1.19. The van der Waals surface area contributed by atoms with Crippen LogP contribution in [-0.2, 0) is 6.54 Å². The van der Waals surface area contributed by atoms with Crippen molar-refractivity contribution in [2.45, 2.75) is 13.5 Å². The number of anilines is 1. The van der Waals surface area contributed by atoms with Gasteiger partial charge in [0.1, 0.15) is 5.75 Å². The molecule has 2 nitrogen and oxygen atoms in total. The lowest BCUT2D eigenvalue weighted by Crippen LogP contribution is -2.02. The number of hydrogen-bond acceptors (Lipinski definition) is 2. The average Bonchev–Trinajstić information content (AvgIpc) is 2.39. The Kier molecular flexibility index (Phi) is 4.72. The number of rotatable bonds is 4. The summed E-state index contributed by atoms with van der Waals surface area (Å²) < 4.78 is 6.21. The number of halogens is 2. The Labute approximate surface area is 126 Å². The van der Waals surface area contributed by atoms with E-state index in [1.165, 1.54) is 5.56 Å². The molecular formula is C15H15BrClNO. The predicted octanol–water partition coefficient (Wildman–Crippen LogP) is 5.03. The van der Waals surface area contributed by atoms with Crippen LogP contribution >= 0.6 is 27.5 Å². The summed E-state index contributed by atoms with van der Waals surface area (Å²) >= 11 is 9.45. The van der Waals surface area contributed by atoms with Gasteiger partial charge in [-0.3, -0.25) is 0 Å². The number of hydrogen-bond donors (Lipinski definition) is 1. The largest absolute Gasteiger partial charge is 0.497 e. The molecule has 100 valence electrons. The number of benzene rings is 2. The Balaban J connectivity index is 2.10. The van der Waals surface area contributed by atoms with E-state index < -0.39 is 0 Å². The minimum atomic E-state index is 0.733. The van der Waals surface area contributed by atoms with Gasteiger partial charge in [-0.15, -0.1) is 0 Å². The Morgan fingerprint density at radius 1 is 1.21 bits per heavy atom. The third-order valence-corrected chi connectivity index (χ3v) is 3.89. The van der Waals surface area contributed by atoms with Gasteiger partial charge in [0.05, 0.1) is 7.11 Å². The van der Waals surface area contributed by atoms with Crippen LogP contribution in [0.1, 0.15) is 11.1 Å². The van der Waals surface area contributed by atoms with E-state index in [4.69, 9.17) is 16.3 Å². The van der Waals surface area contributed by atoms with Gasteiger partial charge in [0.15, 0.2) is 0 Å².